The molecule has 0 saturated heterocycles. The van der Waals surface area contributed by atoms with Crippen molar-refractivity contribution >= 4 is 5.91 Å². The van der Waals surface area contributed by atoms with Crippen molar-refractivity contribution < 1.29 is 4.79 Å². The third-order valence-electron chi connectivity index (χ3n) is 1.73. The van der Waals surface area contributed by atoms with Gasteiger partial charge >= 0.3 is 0 Å². The third-order valence-corrected chi connectivity index (χ3v) is 1.73. The third kappa shape index (κ3) is 4.11. The van der Waals surface area contributed by atoms with Gasteiger partial charge in [0.15, 0.2) is 0 Å². The molecule has 1 aromatic heterocycles. The topological polar surface area (TPSA) is 33.2 Å². The van der Waals surface area contributed by atoms with Crippen LogP contribution in [0.4, 0.5) is 0 Å². The molecule has 1 rings (SSSR count). The molecular formula is C12H20N2O. The van der Waals surface area contributed by atoms with Gasteiger partial charge in [-0.2, -0.15) is 0 Å². The Labute approximate surface area is 92.1 Å². The van der Waals surface area contributed by atoms with Crippen LogP contribution in [0.25, 0.3) is 0 Å². The molecule has 0 radical (unpaired) electrons. The van der Waals surface area contributed by atoms with Gasteiger partial charge in [-0.15, -0.1) is 0 Å². The van der Waals surface area contributed by atoms with Gasteiger partial charge in [0.25, 0.3) is 5.91 Å². The Morgan fingerprint density at radius 1 is 1.13 bits per heavy atom. The lowest BCUT2D eigenvalue weighted by molar-refractivity contribution is 0.0827. The fraction of sp³-hybridized carbons (Fsp3) is 0.500. The van der Waals surface area contributed by atoms with E-state index in [0.717, 1.165) is 11.4 Å². The number of carbonyl (C=O) groups is 1. The fourth-order valence-electron chi connectivity index (χ4n) is 1.22. The van der Waals surface area contributed by atoms with Crippen LogP contribution in [0.5, 0.6) is 0 Å². The number of aromatic nitrogens is 1. The number of rotatable bonds is 1. The lowest BCUT2D eigenvalue weighted by Crippen LogP contribution is -2.21. The Morgan fingerprint density at radius 2 is 1.53 bits per heavy atom. The summed E-state index contributed by atoms with van der Waals surface area (Å²) in [6.07, 6.45) is 0. The Bertz CT molecular complexity index is 312. The number of pyridine rings is 1. The molecule has 1 aromatic rings. The first kappa shape index (κ1) is 13.6. The van der Waals surface area contributed by atoms with Gasteiger partial charge in [0.1, 0.15) is 0 Å². The van der Waals surface area contributed by atoms with E-state index < -0.39 is 0 Å². The van der Waals surface area contributed by atoms with Gasteiger partial charge in [-0.05, 0) is 26.0 Å². The standard InChI is InChI=1S/C10H14N2O.C2H6/c1-7-5-9(6-8(2)11-7)10(13)12(3)4;1-2/h5-6H,1-4H3;1-2H3. The molecule has 3 heteroatoms. The van der Waals surface area contributed by atoms with Crippen molar-refractivity contribution in [1.82, 2.24) is 9.88 Å². The second kappa shape index (κ2) is 6.17. The zero-order valence-electron chi connectivity index (χ0n) is 10.5. The molecule has 0 spiro atoms. The largest absolute Gasteiger partial charge is 0.345 e. The normalized spacial score (nSPS) is 8.93. The molecule has 0 aromatic carbocycles. The minimum Gasteiger partial charge on any atom is -0.345 e. The maximum atomic E-state index is 11.5. The average molecular weight is 208 g/mol. The highest BCUT2D eigenvalue weighted by atomic mass is 16.2. The van der Waals surface area contributed by atoms with Crippen LogP contribution in [0.15, 0.2) is 12.1 Å². The highest BCUT2D eigenvalue weighted by Crippen LogP contribution is 2.06. The van der Waals surface area contributed by atoms with E-state index in [-0.39, 0.29) is 5.91 Å². The zero-order valence-corrected chi connectivity index (χ0v) is 10.5. The van der Waals surface area contributed by atoms with E-state index in [0.29, 0.717) is 5.56 Å². The first-order chi connectivity index (χ1) is 7.00. The lowest BCUT2D eigenvalue weighted by Gasteiger charge is -2.10. The predicted octanol–water partition coefficient (Wildman–Crippen LogP) is 2.43. The molecule has 0 atom stereocenters. The zero-order chi connectivity index (χ0) is 12.0. The van der Waals surface area contributed by atoms with Gasteiger partial charge in [0.2, 0.25) is 0 Å². The molecule has 0 N–H and O–H groups in total. The van der Waals surface area contributed by atoms with E-state index in [1.807, 2.05) is 27.7 Å². The Hall–Kier alpha value is -1.38. The van der Waals surface area contributed by atoms with Crippen LogP contribution in [0.3, 0.4) is 0 Å². The van der Waals surface area contributed by atoms with E-state index >= 15 is 0 Å². The minimum absolute atomic E-state index is 0.0219. The SMILES string of the molecule is CC.Cc1cc(C(=O)N(C)C)cc(C)n1. The van der Waals surface area contributed by atoms with Gasteiger partial charge in [0.05, 0.1) is 0 Å². The molecule has 3 nitrogen and oxygen atoms in total. The van der Waals surface area contributed by atoms with Crippen LogP contribution in [0, 0.1) is 13.8 Å². The fourth-order valence-corrected chi connectivity index (χ4v) is 1.22. The average Bonchev–Trinajstić information content (AvgIpc) is 2.18. The number of hydrogen-bond acceptors (Lipinski definition) is 2. The smallest absolute Gasteiger partial charge is 0.253 e. The molecule has 0 aliphatic rings. The van der Waals surface area contributed by atoms with E-state index in [1.54, 1.807) is 31.1 Å². The summed E-state index contributed by atoms with van der Waals surface area (Å²) in [6.45, 7) is 7.78. The van der Waals surface area contributed by atoms with Gasteiger partial charge in [-0.3, -0.25) is 9.78 Å². The lowest BCUT2D eigenvalue weighted by atomic mass is 10.2. The predicted molar refractivity (Wildman–Crippen MR) is 63.1 cm³/mol. The molecule has 0 saturated carbocycles. The van der Waals surface area contributed by atoms with Crippen molar-refractivity contribution in [3.63, 3.8) is 0 Å². The minimum atomic E-state index is 0.0219. The van der Waals surface area contributed by atoms with Gasteiger partial charge in [-0.1, -0.05) is 13.8 Å². The first-order valence-corrected chi connectivity index (χ1v) is 5.17. The summed E-state index contributed by atoms with van der Waals surface area (Å²) >= 11 is 0. The molecular weight excluding hydrogens is 188 g/mol. The summed E-state index contributed by atoms with van der Waals surface area (Å²) in [7, 11) is 3.49. The summed E-state index contributed by atoms with van der Waals surface area (Å²) in [4.78, 5) is 17.3. The van der Waals surface area contributed by atoms with Crippen molar-refractivity contribution in [3.05, 3.63) is 29.1 Å². The second-order valence-electron chi connectivity index (χ2n) is 3.34. The van der Waals surface area contributed by atoms with Crippen LogP contribution < -0.4 is 0 Å². The Morgan fingerprint density at radius 3 is 1.87 bits per heavy atom. The van der Waals surface area contributed by atoms with Gasteiger partial charge in [-0.25, -0.2) is 0 Å². The maximum Gasteiger partial charge on any atom is 0.253 e. The molecule has 0 bridgehead atoms. The van der Waals surface area contributed by atoms with Gasteiger partial charge < -0.3 is 4.90 Å². The number of nitrogens with zero attached hydrogens (tertiary/aromatic N) is 2. The highest BCUT2D eigenvalue weighted by molar-refractivity contribution is 5.94. The van der Waals surface area contributed by atoms with E-state index in [4.69, 9.17) is 0 Å². The van der Waals surface area contributed by atoms with E-state index in [2.05, 4.69) is 4.98 Å². The molecule has 0 aliphatic carbocycles. The van der Waals surface area contributed by atoms with Crippen molar-refractivity contribution in [2.75, 3.05) is 14.1 Å². The molecule has 0 aliphatic heterocycles. The molecule has 1 amide bonds. The number of amides is 1. The molecule has 0 unspecified atom stereocenters. The van der Waals surface area contributed by atoms with Crippen LogP contribution >= 0.6 is 0 Å². The second-order valence-corrected chi connectivity index (χ2v) is 3.34. The van der Waals surface area contributed by atoms with Crippen molar-refractivity contribution in [3.8, 4) is 0 Å². The van der Waals surface area contributed by atoms with Crippen LogP contribution in [0.2, 0.25) is 0 Å². The summed E-state index contributed by atoms with van der Waals surface area (Å²) in [6, 6.07) is 3.60. The molecule has 84 valence electrons. The number of hydrogen-bond donors (Lipinski definition) is 0. The van der Waals surface area contributed by atoms with Gasteiger partial charge in [0, 0.05) is 31.0 Å². The summed E-state index contributed by atoms with van der Waals surface area (Å²) in [5.74, 6) is 0.0219. The van der Waals surface area contributed by atoms with Crippen LogP contribution in [0.1, 0.15) is 35.6 Å². The number of aryl methyl sites for hydroxylation is 2. The Kier molecular flexibility index (Phi) is 5.60. The van der Waals surface area contributed by atoms with E-state index in [9.17, 15) is 4.79 Å². The first-order valence-electron chi connectivity index (χ1n) is 5.17. The quantitative estimate of drug-likeness (QED) is 0.710. The summed E-state index contributed by atoms with van der Waals surface area (Å²) in [5.41, 5.74) is 2.46. The maximum absolute atomic E-state index is 11.5. The van der Waals surface area contributed by atoms with Crippen LogP contribution in [-0.4, -0.2) is 29.9 Å². The summed E-state index contributed by atoms with van der Waals surface area (Å²) < 4.78 is 0. The van der Waals surface area contributed by atoms with Crippen molar-refractivity contribution in [2.45, 2.75) is 27.7 Å². The van der Waals surface area contributed by atoms with Crippen molar-refractivity contribution in [1.29, 1.82) is 0 Å². The van der Waals surface area contributed by atoms with Crippen molar-refractivity contribution in [2.24, 2.45) is 0 Å². The molecule has 15 heavy (non-hydrogen) atoms. The Balaban J connectivity index is 0.000000921. The van der Waals surface area contributed by atoms with E-state index in [1.165, 1.54) is 0 Å². The molecule has 0 fully saturated rings. The highest BCUT2D eigenvalue weighted by Gasteiger charge is 2.08. The van der Waals surface area contributed by atoms with Crippen LogP contribution in [-0.2, 0) is 0 Å². The summed E-state index contributed by atoms with van der Waals surface area (Å²) in [5, 5.41) is 0. The number of carbonyl (C=O) groups excluding carboxylic acids is 1. The monoisotopic (exact) mass is 208 g/mol. The molecule has 1 heterocycles.